The lowest BCUT2D eigenvalue weighted by molar-refractivity contribution is -0.129. The highest BCUT2D eigenvalue weighted by molar-refractivity contribution is 5.83. The Labute approximate surface area is 180 Å². The van der Waals surface area contributed by atoms with Crippen molar-refractivity contribution in [3.63, 3.8) is 0 Å². The van der Waals surface area contributed by atoms with Crippen molar-refractivity contribution in [3.8, 4) is 11.5 Å². The van der Waals surface area contributed by atoms with E-state index in [-0.39, 0.29) is 18.9 Å². The molecule has 0 spiro atoms. The van der Waals surface area contributed by atoms with Gasteiger partial charge in [-0.1, -0.05) is 29.4 Å². The first-order chi connectivity index (χ1) is 14.9. The number of amides is 2. The van der Waals surface area contributed by atoms with Gasteiger partial charge < -0.3 is 14.0 Å². The fourth-order valence-electron chi connectivity index (χ4n) is 2.83. The summed E-state index contributed by atoms with van der Waals surface area (Å²) < 4.78 is 16.3. The summed E-state index contributed by atoms with van der Waals surface area (Å²) in [6, 6.07) is 14.5. The van der Waals surface area contributed by atoms with E-state index in [0.717, 1.165) is 28.1 Å². The summed E-state index contributed by atoms with van der Waals surface area (Å²) >= 11 is 0. The zero-order valence-corrected chi connectivity index (χ0v) is 17.7. The van der Waals surface area contributed by atoms with Crippen LogP contribution in [0, 0.1) is 20.8 Å². The number of hydrogen-bond donors (Lipinski definition) is 2. The first-order valence-corrected chi connectivity index (χ1v) is 9.81. The van der Waals surface area contributed by atoms with E-state index in [1.165, 1.54) is 0 Å². The molecular formula is C23H25N3O5. The molecule has 3 rings (SSSR count). The van der Waals surface area contributed by atoms with Crippen LogP contribution in [-0.2, 0) is 22.6 Å². The van der Waals surface area contributed by atoms with E-state index in [1.807, 2.05) is 39.0 Å². The fraction of sp³-hybridized carbons (Fsp3) is 0.261. The molecule has 0 radical (unpaired) electrons. The Morgan fingerprint density at radius 3 is 2.35 bits per heavy atom. The smallest absolute Gasteiger partial charge is 0.276 e. The van der Waals surface area contributed by atoms with Crippen LogP contribution in [0.1, 0.15) is 28.1 Å². The molecule has 0 saturated carbocycles. The standard InChI is InChI=1S/C23H25N3O5/c1-15-5-4-6-20(11-15)30-14-23(28)25-24-22(27)12-18-7-9-19(10-8-18)29-13-21-16(2)26-31-17(21)3/h4-11H,12-14H2,1-3H3,(H,24,27)(H,25,28). The summed E-state index contributed by atoms with van der Waals surface area (Å²) in [5.41, 5.74) is 8.27. The zero-order valence-electron chi connectivity index (χ0n) is 17.7. The van der Waals surface area contributed by atoms with Crippen molar-refractivity contribution in [1.29, 1.82) is 0 Å². The van der Waals surface area contributed by atoms with Gasteiger partial charge in [-0.2, -0.15) is 0 Å². The SMILES string of the molecule is Cc1cccc(OCC(=O)NNC(=O)Cc2ccc(OCc3c(C)noc3C)cc2)c1. The molecular weight excluding hydrogens is 398 g/mol. The van der Waals surface area contributed by atoms with Crippen LogP contribution in [0.2, 0.25) is 0 Å². The molecule has 0 saturated heterocycles. The molecule has 31 heavy (non-hydrogen) atoms. The summed E-state index contributed by atoms with van der Waals surface area (Å²) in [7, 11) is 0. The van der Waals surface area contributed by atoms with Crippen LogP contribution in [0.4, 0.5) is 0 Å². The van der Waals surface area contributed by atoms with E-state index in [9.17, 15) is 9.59 Å². The fourth-order valence-corrected chi connectivity index (χ4v) is 2.83. The molecule has 0 bridgehead atoms. The average Bonchev–Trinajstić information content (AvgIpc) is 3.07. The molecule has 8 heteroatoms. The summed E-state index contributed by atoms with van der Waals surface area (Å²) in [6.45, 7) is 5.81. The van der Waals surface area contributed by atoms with E-state index in [1.54, 1.807) is 30.3 Å². The highest BCUT2D eigenvalue weighted by atomic mass is 16.5. The largest absolute Gasteiger partial charge is 0.489 e. The predicted octanol–water partition coefficient (Wildman–Crippen LogP) is 2.95. The lowest BCUT2D eigenvalue weighted by Gasteiger charge is -2.10. The molecule has 1 heterocycles. The second-order valence-electron chi connectivity index (χ2n) is 7.11. The van der Waals surface area contributed by atoms with Gasteiger partial charge in [0.25, 0.3) is 5.91 Å². The quantitative estimate of drug-likeness (QED) is 0.540. The van der Waals surface area contributed by atoms with Crippen LogP contribution in [0.25, 0.3) is 0 Å². The summed E-state index contributed by atoms with van der Waals surface area (Å²) in [5.74, 6) is 1.22. The van der Waals surface area contributed by atoms with E-state index in [0.29, 0.717) is 18.1 Å². The van der Waals surface area contributed by atoms with Crippen LogP contribution >= 0.6 is 0 Å². The molecule has 0 unspecified atom stereocenters. The van der Waals surface area contributed by atoms with Crippen LogP contribution in [0.5, 0.6) is 11.5 Å². The van der Waals surface area contributed by atoms with Gasteiger partial charge in [0, 0.05) is 0 Å². The summed E-state index contributed by atoms with van der Waals surface area (Å²) in [4.78, 5) is 23.9. The molecule has 3 aromatic rings. The maximum absolute atomic E-state index is 12.1. The minimum Gasteiger partial charge on any atom is -0.489 e. The number of nitrogens with one attached hydrogen (secondary N) is 2. The van der Waals surface area contributed by atoms with E-state index in [4.69, 9.17) is 14.0 Å². The van der Waals surface area contributed by atoms with Gasteiger partial charge in [0.05, 0.1) is 17.7 Å². The number of hydrogen-bond acceptors (Lipinski definition) is 6. The highest BCUT2D eigenvalue weighted by Gasteiger charge is 2.10. The number of aryl methyl sites for hydroxylation is 3. The number of aromatic nitrogens is 1. The van der Waals surface area contributed by atoms with Crippen molar-refractivity contribution in [1.82, 2.24) is 16.0 Å². The van der Waals surface area contributed by atoms with Crippen LogP contribution < -0.4 is 20.3 Å². The zero-order chi connectivity index (χ0) is 22.2. The van der Waals surface area contributed by atoms with Gasteiger partial charge in [0.2, 0.25) is 5.91 Å². The molecule has 1 aromatic heterocycles. The number of carbonyl (C=O) groups is 2. The van der Waals surface area contributed by atoms with Gasteiger partial charge in [0.1, 0.15) is 23.9 Å². The normalized spacial score (nSPS) is 10.4. The van der Waals surface area contributed by atoms with Gasteiger partial charge in [-0.05, 0) is 56.2 Å². The maximum Gasteiger partial charge on any atom is 0.276 e. The van der Waals surface area contributed by atoms with E-state index in [2.05, 4.69) is 16.0 Å². The number of hydrazine groups is 1. The molecule has 0 aliphatic rings. The third-order valence-corrected chi connectivity index (χ3v) is 4.55. The molecule has 0 atom stereocenters. The van der Waals surface area contributed by atoms with Crippen molar-refractivity contribution in [3.05, 3.63) is 76.7 Å². The Morgan fingerprint density at radius 1 is 0.935 bits per heavy atom. The lowest BCUT2D eigenvalue weighted by atomic mass is 10.1. The third-order valence-electron chi connectivity index (χ3n) is 4.55. The average molecular weight is 423 g/mol. The van der Waals surface area contributed by atoms with Crippen molar-refractivity contribution < 1.29 is 23.6 Å². The molecule has 0 aliphatic carbocycles. The van der Waals surface area contributed by atoms with Gasteiger partial charge in [-0.25, -0.2) is 0 Å². The number of ether oxygens (including phenoxy) is 2. The first kappa shape index (κ1) is 21.9. The second-order valence-corrected chi connectivity index (χ2v) is 7.11. The van der Waals surface area contributed by atoms with Crippen molar-refractivity contribution >= 4 is 11.8 Å². The lowest BCUT2D eigenvalue weighted by Crippen LogP contribution is -2.44. The third kappa shape index (κ3) is 6.60. The maximum atomic E-state index is 12.1. The molecule has 8 nitrogen and oxygen atoms in total. The molecule has 2 amide bonds. The summed E-state index contributed by atoms with van der Waals surface area (Å²) in [6.07, 6.45) is 0.114. The molecule has 2 N–H and O–H groups in total. The number of benzene rings is 2. The number of rotatable bonds is 8. The van der Waals surface area contributed by atoms with Crippen LogP contribution in [0.15, 0.2) is 53.1 Å². The summed E-state index contributed by atoms with van der Waals surface area (Å²) in [5, 5.41) is 3.90. The van der Waals surface area contributed by atoms with Gasteiger partial charge in [0.15, 0.2) is 6.61 Å². The van der Waals surface area contributed by atoms with Crippen LogP contribution in [0.3, 0.4) is 0 Å². The molecule has 2 aromatic carbocycles. The number of nitrogens with zero attached hydrogens (tertiary/aromatic N) is 1. The van der Waals surface area contributed by atoms with E-state index < -0.39 is 5.91 Å². The number of carbonyl (C=O) groups excluding carboxylic acids is 2. The Kier molecular flexibility index (Phi) is 7.26. The molecule has 0 aliphatic heterocycles. The van der Waals surface area contributed by atoms with Gasteiger partial charge in [-0.3, -0.25) is 20.4 Å². The minimum absolute atomic E-state index is 0.114. The Balaban J connectivity index is 1.39. The Bertz CT molecular complexity index is 1020. The van der Waals surface area contributed by atoms with Crippen molar-refractivity contribution in [2.24, 2.45) is 0 Å². The van der Waals surface area contributed by atoms with Crippen molar-refractivity contribution in [2.45, 2.75) is 33.8 Å². The predicted molar refractivity (Wildman–Crippen MR) is 113 cm³/mol. The molecule has 0 fully saturated rings. The second kappa shape index (κ2) is 10.3. The van der Waals surface area contributed by atoms with E-state index >= 15 is 0 Å². The molecule has 162 valence electrons. The van der Waals surface area contributed by atoms with Gasteiger partial charge >= 0.3 is 0 Å². The Morgan fingerprint density at radius 2 is 1.68 bits per heavy atom. The monoisotopic (exact) mass is 423 g/mol. The van der Waals surface area contributed by atoms with Crippen LogP contribution in [-0.4, -0.2) is 23.6 Å². The Hall–Kier alpha value is -3.81. The topological polar surface area (TPSA) is 103 Å². The minimum atomic E-state index is -0.446. The first-order valence-electron chi connectivity index (χ1n) is 9.81. The van der Waals surface area contributed by atoms with Gasteiger partial charge in [-0.15, -0.1) is 0 Å². The highest BCUT2D eigenvalue weighted by Crippen LogP contribution is 2.18. The van der Waals surface area contributed by atoms with Crippen molar-refractivity contribution in [2.75, 3.05) is 6.61 Å².